The highest BCUT2D eigenvalue weighted by Gasteiger charge is 2.29. The Balaban J connectivity index is 2.15. The first-order valence-electron chi connectivity index (χ1n) is 9.81. The standard InChI is InChI=1S/C24H27BF/c1-2-3-4-11-20-25(21-12-7-5-8-13-21,22-14-9-6-10-15-22)23-16-18-24(26)19-17-23/h5-10,12-19H,2-4,11,20H2,1H3/q-1. The van der Waals surface area contributed by atoms with E-state index in [1.165, 1.54) is 42.1 Å². The zero-order chi connectivity index (χ0) is 18.2. The fourth-order valence-corrected chi connectivity index (χ4v) is 4.31. The van der Waals surface area contributed by atoms with Crippen molar-refractivity contribution in [2.24, 2.45) is 0 Å². The highest BCUT2D eigenvalue weighted by molar-refractivity contribution is 7.11. The first-order chi connectivity index (χ1) is 12.8. The van der Waals surface area contributed by atoms with Gasteiger partial charge in [-0.25, -0.2) is 4.39 Å². The molecule has 0 N–H and O–H groups in total. The molecule has 2 heteroatoms. The minimum Gasteiger partial charge on any atom is -0.207 e. The molecule has 26 heavy (non-hydrogen) atoms. The Morgan fingerprint density at radius 2 is 1.12 bits per heavy atom. The summed E-state index contributed by atoms with van der Waals surface area (Å²) in [6.07, 6.45) is 4.88. The second-order valence-electron chi connectivity index (χ2n) is 7.27. The topological polar surface area (TPSA) is 0 Å². The van der Waals surface area contributed by atoms with Gasteiger partial charge in [0.05, 0.1) is 6.15 Å². The number of halogens is 1. The minimum absolute atomic E-state index is 0.175. The van der Waals surface area contributed by atoms with Gasteiger partial charge >= 0.3 is 0 Å². The van der Waals surface area contributed by atoms with Crippen molar-refractivity contribution in [3.8, 4) is 0 Å². The Labute approximate surface area is 157 Å². The van der Waals surface area contributed by atoms with Gasteiger partial charge in [0, 0.05) is 0 Å². The van der Waals surface area contributed by atoms with E-state index in [0.717, 1.165) is 6.32 Å². The van der Waals surface area contributed by atoms with Crippen molar-refractivity contribution in [2.75, 3.05) is 0 Å². The third-order valence-corrected chi connectivity index (χ3v) is 5.67. The second-order valence-corrected chi connectivity index (χ2v) is 7.27. The van der Waals surface area contributed by atoms with Gasteiger partial charge in [-0.2, -0.15) is 22.7 Å². The van der Waals surface area contributed by atoms with Gasteiger partial charge < -0.3 is 0 Å². The van der Waals surface area contributed by atoms with Crippen LogP contribution < -0.4 is 16.4 Å². The molecule has 3 rings (SSSR count). The van der Waals surface area contributed by atoms with Gasteiger partial charge in [0.15, 0.2) is 0 Å². The normalized spacial score (nSPS) is 11.5. The SMILES string of the molecule is CCCCCC[B-](c1ccccc1)(c1ccccc1)c1ccc(F)cc1. The van der Waals surface area contributed by atoms with Crippen LogP contribution in [0.15, 0.2) is 84.9 Å². The van der Waals surface area contributed by atoms with Gasteiger partial charge in [-0.3, -0.25) is 0 Å². The van der Waals surface area contributed by atoms with E-state index in [-0.39, 0.29) is 5.82 Å². The monoisotopic (exact) mass is 345 g/mol. The van der Waals surface area contributed by atoms with Gasteiger partial charge in [0.2, 0.25) is 0 Å². The lowest BCUT2D eigenvalue weighted by Gasteiger charge is -2.43. The fourth-order valence-electron chi connectivity index (χ4n) is 4.31. The average Bonchev–Trinajstić information content (AvgIpc) is 2.71. The molecule has 0 aliphatic rings. The minimum atomic E-state index is -1.11. The van der Waals surface area contributed by atoms with E-state index in [4.69, 9.17) is 0 Å². The van der Waals surface area contributed by atoms with Crippen LogP contribution in [0.1, 0.15) is 32.6 Å². The Hall–Kier alpha value is -2.35. The number of rotatable bonds is 8. The Kier molecular flexibility index (Phi) is 6.28. The van der Waals surface area contributed by atoms with Gasteiger partial charge in [-0.05, 0) is 12.1 Å². The number of hydrogen-bond acceptors (Lipinski definition) is 0. The lowest BCUT2D eigenvalue weighted by Crippen LogP contribution is -2.66. The summed E-state index contributed by atoms with van der Waals surface area (Å²) in [5.41, 5.74) is 3.89. The van der Waals surface area contributed by atoms with Gasteiger partial charge in [-0.15, -0.1) is 0 Å². The molecule has 0 heterocycles. The van der Waals surface area contributed by atoms with Crippen molar-refractivity contribution < 1.29 is 4.39 Å². The average molecular weight is 345 g/mol. The smallest absolute Gasteiger partial charge is 0.122 e. The molecule has 0 nitrogen and oxygen atoms in total. The predicted octanol–water partition coefficient (Wildman–Crippen LogP) is 4.88. The molecular formula is C24H27BF-. The van der Waals surface area contributed by atoms with Crippen molar-refractivity contribution in [2.45, 2.75) is 38.9 Å². The molecule has 0 bridgehead atoms. The molecule has 0 spiro atoms. The molecule has 3 aromatic rings. The van der Waals surface area contributed by atoms with Crippen molar-refractivity contribution in [3.05, 3.63) is 90.7 Å². The van der Waals surface area contributed by atoms with Crippen LogP contribution >= 0.6 is 0 Å². The van der Waals surface area contributed by atoms with Crippen LogP contribution in [0.4, 0.5) is 4.39 Å². The largest absolute Gasteiger partial charge is 0.207 e. The molecule has 134 valence electrons. The summed E-state index contributed by atoms with van der Waals surface area (Å²) < 4.78 is 13.6. The zero-order valence-electron chi connectivity index (χ0n) is 15.6. The third kappa shape index (κ3) is 3.90. The van der Waals surface area contributed by atoms with Gasteiger partial charge in [0.25, 0.3) is 0 Å². The van der Waals surface area contributed by atoms with E-state index in [1.54, 1.807) is 12.1 Å². The van der Waals surface area contributed by atoms with Crippen molar-refractivity contribution in [1.82, 2.24) is 0 Å². The van der Waals surface area contributed by atoms with Crippen molar-refractivity contribution in [3.63, 3.8) is 0 Å². The molecule has 0 radical (unpaired) electrons. The van der Waals surface area contributed by atoms with Gasteiger partial charge in [0.1, 0.15) is 5.82 Å². The summed E-state index contributed by atoms with van der Waals surface area (Å²) in [6, 6.07) is 28.7. The summed E-state index contributed by atoms with van der Waals surface area (Å²) >= 11 is 0. The Morgan fingerprint density at radius 3 is 1.62 bits per heavy atom. The summed E-state index contributed by atoms with van der Waals surface area (Å²) in [4.78, 5) is 0. The molecule has 0 aliphatic heterocycles. The van der Waals surface area contributed by atoms with Crippen LogP contribution in [-0.2, 0) is 0 Å². The lowest BCUT2D eigenvalue weighted by atomic mass is 9.14. The van der Waals surface area contributed by atoms with Crippen molar-refractivity contribution >= 4 is 22.5 Å². The number of unbranched alkanes of at least 4 members (excludes halogenated alkanes) is 3. The Morgan fingerprint density at radius 1 is 0.615 bits per heavy atom. The molecule has 0 unspecified atom stereocenters. The summed E-state index contributed by atoms with van der Waals surface area (Å²) in [7, 11) is 0. The van der Waals surface area contributed by atoms with E-state index in [1.807, 2.05) is 12.1 Å². The van der Waals surface area contributed by atoms with E-state index in [0.29, 0.717) is 0 Å². The summed E-state index contributed by atoms with van der Waals surface area (Å²) in [5, 5.41) is 0. The summed E-state index contributed by atoms with van der Waals surface area (Å²) in [5.74, 6) is -0.175. The number of hydrogen-bond donors (Lipinski definition) is 0. The van der Waals surface area contributed by atoms with Crippen LogP contribution in [0.2, 0.25) is 6.32 Å². The molecular weight excluding hydrogens is 318 g/mol. The predicted molar refractivity (Wildman–Crippen MR) is 113 cm³/mol. The first-order valence-corrected chi connectivity index (χ1v) is 9.81. The highest BCUT2D eigenvalue weighted by Crippen LogP contribution is 2.18. The lowest BCUT2D eigenvalue weighted by molar-refractivity contribution is 0.628. The zero-order valence-corrected chi connectivity index (χ0v) is 15.6. The van der Waals surface area contributed by atoms with E-state index in [9.17, 15) is 4.39 Å². The molecule has 0 fully saturated rings. The highest BCUT2D eigenvalue weighted by atomic mass is 19.1. The van der Waals surface area contributed by atoms with Crippen LogP contribution in [0, 0.1) is 5.82 Å². The molecule has 0 atom stereocenters. The van der Waals surface area contributed by atoms with Crippen molar-refractivity contribution in [1.29, 1.82) is 0 Å². The maximum atomic E-state index is 13.6. The number of benzene rings is 3. The molecule has 0 aromatic heterocycles. The van der Waals surface area contributed by atoms with Crippen LogP contribution in [-0.4, -0.2) is 6.15 Å². The maximum absolute atomic E-state index is 13.6. The van der Waals surface area contributed by atoms with Crippen LogP contribution in [0.5, 0.6) is 0 Å². The first kappa shape index (κ1) is 18.4. The van der Waals surface area contributed by atoms with E-state index >= 15 is 0 Å². The quantitative estimate of drug-likeness (QED) is 0.403. The Bertz CT molecular complexity index is 742. The molecule has 0 aliphatic carbocycles. The fraction of sp³-hybridized carbons (Fsp3) is 0.250. The van der Waals surface area contributed by atoms with E-state index in [2.05, 4.69) is 67.6 Å². The molecule has 0 saturated carbocycles. The van der Waals surface area contributed by atoms with Crippen LogP contribution in [0.3, 0.4) is 0 Å². The molecule has 0 saturated heterocycles. The molecule has 0 amide bonds. The molecule has 3 aromatic carbocycles. The van der Waals surface area contributed by atoms with E-state index < -0.39 is 6.15 Å². The maximum Gasteiger partial charge on any atom is 0.122 e. The van der Waals surface area contributed by atoms with Gasteiger partial charge in [-0.1, -0.05) is 105 Å². The van der Waals surface area contributed by atoms with Crippen LogP contribution in [0.25, 0.3) is 0 Å². The third-order valence-electron chi connectivity index (χ3n) is 5.67. The summed E-state index contributed by atoms with van der Waals surface area (Å²) in [6.45, 7) is 2.24. The second kappa shape index (κ2) is 8.85.